The van der Waals surface area contributed by atoms with Gasteiger partial charge in [0.15, 0.2) is 0 Å². The Hall–Kier alpha value is -3.55. The van der Waals surface area contributed by atoms with Crippen molar-refractivity contribution >= 4 is 17.6 Å². The van der Waals surface area contributed by atoms with Crippen LogP contribution in [0.4, 0.5) is 5.69 Å². The first-order valence-electron chi connectivity index (χ1n) is 9.58. The molecule has 1 spiro atoms. The van der Waals surface area contributed by atoms with E-state index in [0.29, 0.717) is 16.9 Å². The van der Waals surface area contributed by atoms with Gasteiger partial charge in [0.25, 0.3) is 5.56 Å². The molecule has 3 heterocycles. The molecule has 8 heteroatoms. The van der Waals surface area contributed by atoms with Gasteiger partial charge in [0.2, 0.25) is 11.8 Å². The molecule has 156 valence electrons. The second-order valence-corrected chi connectivity index (χ2v) is 7.76. The number of hydrogen-bond acceptors (Lipinski definition) is 6. The molecular formula is C22H23N3O5. The van der Waals surface area contributed by atoms with Gasteiger partial charge in [-0.3, -0.25) is 9.59 Å². The summed E-state index contributed by atoms with van der Waals surface area (Å²) in [6.07, 6.45) is 0. The Bertz CT molecular complexity index is 1190. The fraction of sp³-hybridized carbons (Fsp3) is 0.318. The van der Waals surface area contributed by atoms with Gasteiger partial charge in [0, 0.05) is 36.1 Å². The number of nitrogens with two attached hydrogens (primary N) is 1. The van der Waals surface area contributed by atoms with E-state index in [4.69, 9.17) is 15.2 Å². The molecule has 4 rings (SSSR count). The van der Waals surface area contributed by atoms with Gasteiger partial charge in [-0.1, -0.05) is 18.2 Å². The first-order chi connectivity index (χ1) is 14.2. The lowest BCUT2D eigenvalue weighted by Crippen LogP contribution is -2.52. The first-order valence-corrected chi connectivity index (χ1v) is 9.58. The number of anilines is 1. The molecule has 1 aromatic heterocycles. The van der Waals surface area contributed by atoms with E-state index in [0.717, 1.165) is 0 Å². The van der Waals surface area contributed by atoms with Crippen LogP contribution in [0.2, 0.25) is 0 Å². The molecule has 1 atom stereocenters. The largest absolute Gasteiger partial charge is 0.465 e. The van der Waals surface area contributed by atoms with E-state index in [1.165, 1.54) is 11.7 Å². The van der Waals surface area contributed by atoms with Crippen LogP contribution in [0.5, 0.6) is 5.75 Å². The van der Waals surface area contributed by atoms with Crippen molar-refractivity contribution in [3.8, 4) is 5.75 Å². The predicted molar refractivity (Wildman–Crippen MR) is 110 cm³/mol. The number of aromatic nitrogens is 1. The van der Waals surface area contributed by atoms with E-state index in [1.807, 2.05) is 13.8 Å². The van der Waals surface area contributed by atoms with E-state index in [1.54, 1.807) is 49.2 Å². The zero-order valence-corrected chi connectivity index (χ0v) is 17.5. The minimum atomic E-state index is -1.76. The molecule has 2 aliphatic heterocycles. The minimum absolute atomic E-state index is 0.0609. The van der Waals surface area contributed by atoms with Crippen molar-refractivity contribution in [1.82, 2.24) is 4.57 Å². The van der Waals surface area contributed by atoms with Crippen molar-refractivity contribution in [3.63, 3.8) is 0 Å². The number of pyridine rings is 1. The molecule has 8 nitrogen and oxygen atoms in total. The SMILES string of the molecule is COC(=O)C1=C(N)Oc2cc(C)n(C)c(=O)c2[C@@]12C(=O)N(C(C)C)c1ccccc12. The summed E-state index contributed by atoms with van der Waals surface area (Å²) in [4.78, 5) is 42.1. The van der Waals surface area contributed by atoms with Crippen molar-refractivity contribution in [1.29, 1.82) is 0 Å². The van der Waals surface area contributed by atoms with Crippen molar-refractivity contribution in [3.05, 3.63) is 69.0 Å². The van der Waals surface area contributed by atoms with E-state index in [-0.39, 0.29) is 28.8 Å². The smallest absolute Gasteiger partial charge is 0.340 e. The summed E-state index contributed by atoms with van der Waals surface area (Å²) in [5, 5.41) is 0. The zero-order valence-electron chi connectivity index (χ0n) is 17.5. The van der Waals surface area contributed by atoms with Gasteiger partial charge in [0.05, 0.1) is 12.7 Å². The molecule has 1 aromatic carbocycles. The predicted octanol–water partition coefficient (Wildman–Crippen LogP) is 1.47. The number of amides is 1. The summed E-state index contributed by atoms with van der Waals surface area (Å²) >= 11 is 0. The third-order valence-corrected chi connectivity index (χ3v) is 5.86. The Kier molecular flexibility index (Phi) is 4.27. The van der Waals surface area contributed by atoms with Crippen molar-refractivity contribution in [2.45, 2.75) is 32.2 Å². The Balaban J connectivity index is 2.24. The van der Waals surface area contributed by atoms with Crippen LogP contribution < -0.4 is 20.9 Å². The number of carbonyl (C=O) groups excluding carboxylic acids is 2. The van der Waals surface area contributed by atoms with Gasteiger partial charge >= 0.3 is 5.97 Å². The summed E-state index contributed by atoms with van der Waals surface area (Å²) in [6, 6.07) is 8.52. The van der Waals surface area contributed by atoms with Crippen molar-refractivity contribution in [2.75, 3.05) is 12.0 Å². The second kappa shape index (κ2) is 6.48. The number of para-hydroxylation sites is 1. The van der Waals surface area contributed by atoms with E-state index in [9.17, 15) is 14.4 Å². The van der Waals surface area contributed by atoms with Gasteiger partial charge in [-0.15, -0.1) is 0 Å². The average Bonchev–Trinajstić information content (AvgIpc) is 2.95. The first kappa shape index (κ1) is 19.8. The highest BCUT2D eigenvalue weighted by molar-refractivity contribution is 6.18. The Labute approximate surface area is 173 Å². The second-order valence-electron chi connectivity index (χ2n) is 7.76. The topological polar surface area (TPSA) is 104 Å². The number of aryl methyl sites for hydroxylation is 1. The third kappa shape index (κ3) is 2.24. The molecule has 1 amide bonds. The van der Waals surface area contributed by atoms with Gasteiger partial charge in [-0.25, -0.2) is 4.79 Å². The van der Waals surface area contributed by atoms with Crippen LogP contribution >= 0.6 is 0 Å². The maximum absolute atomic E-state index is 14.1. The Morgan fingerprint density at radius 2 is 1.90 bits per heavy atom. The average molecular weight is 409 g/mol. The standard InChI is InChI=1S/C22H23N3O5/c1-11(2)25-14-9-7-6-8-13(14)22(21(25)28)16-15(10-12(3)24(4)19(16)26)30-18(23)17(22)20(27)29-5/h6-11H,23H2,1-5H3/t22-/m1/s1. The Morgan fingerprint density at radius 3 is 2.53 bits per heavy atom. The number of benzene rings is 1. The maximum atomic E-state index is 14.1. The van der Waals surface area contributed by atoms with E-state index >= 15 is 0 Å². The lowest BCUT2D eigenvalue weighted by Gasteiger charge is -2.36. The van der Waals surface area contributed by atoms with Crippen LogP contribution in [-0.2, 0) is 26.8 Å². The minimum Gasteiger partial charge on any atom is -0.465 e. The highest BCUT2D eigenvalue weighted by atomic mass is 16.5. The summed E-state index contributed by atoms with van der Waals surface area (Å²) < 4.78 is 12.1. The zero-order chi connectivity index (χ0) is 22.0. The maximum Gasteiger partial charge on any atom is 0.340 e. The van der Waals surface area contributed by atoms with E-state index < -0.39 is 22.9 Å². The highest BCUT2D eigenvalue weighted by Crippen LogP contribution is 2.54. The fourth-order valence-electron chi connectivity index (χ4n) is 4.45. The molecule has 0 unspecified atom stereocenters. The van der Waals surface area contributed by atoms with Crippen LogP contribution in [0.15, 0.2) is 46.6 Å². The van der Waals surface area contributed by atoms with Crippen LogP contribution in [0, 0.1) is 6.92 Å². The Morgan fingerprint density at radius 1 is 1.23 bits per heavy atom. The summed E-state index contributed by atoms with van der Waals surface area (Å²) in [7, 11) is 2.81. The number of carbonyl (C=O) groups is 2. The molecule has 30 heavy (non-hydrogen) atoms. The molecule has 0 saturated heterocycles. The molecule has 0 fully saturated rings. The van der Waals surface area contributed by atoms with Crippen molar-refractivity contribution < 1.29 is 19.1 Å². The molecule has 0 aliphatic carbocycles. The number of ether oxygens (including phenoxy) is 2. The fourth-order valence-corrected chi connectivity index (χ4v) is 4.45. The number of nitrogens with zero attached hydrogens (tertiary/aromatic N) is 2. The highest BCUT2D eigenvalue weighted by Gasteiger charge is 2.62. The van der Waals surface area contributed by atoms with E-state index in [2.05, 4.69) is 0 Å². The summed E-state index contributed by atoms with van der Waals surface area (Å²) in [5.41, 5.74) is 5.61. The molecular weight excluding hydrogens is 386 g/mol. The lowest BCUT2D eigenvalue weighted by atomic mass is 9.68. The molecule has 2 aromatic rings. The van der Waals surface area contributed by atoms with Crippen LogP contribution in [0.1, 0.15) is 30.7 Å². The van der Waals surface area contributed by atoms with Crippen LogP contribution in [-0.4, -0.2) is 29.6 Å². The van der Waals surface area contributed by atoms with Gasteiger partial charge in [-0.05, 0) is 26.8 Å². The van der Waals surface area contributed by atoms with Crippen molar-refractivity contribution in [2.24, 2.45) is 12.8 Å². The van der Waals surface area contributed by atoms with Gasteiger partial charge in [0.1, 0.15) is 16.7 Å². The molecule has 2 aliphatic rings. The van der Waals surface area contributed by atoms with Crippen LogP contribution in [0.25, 0.3) is 0 Å². The monoisotopic (exact) mass is 409 g/mol. The van der Waals surface area contributed by atoms with Gasteiger partial charge < -0.3 is 24.7 Å². The number of esters is 1. The molecule has 0 bridgehead atoms. The number of hydrogen-bond donors (Lipinski definition) is 1. The summed E-state index contributed by atoms with van der Waals surface area (Å²) in [5.74, 6) is -1.35. The number of fused-ring (bicyclic) bond motifs is 4. The molecule has 0 saturated carbocycles. The summed E-state index contributed by atoms with van der Waals surface area (Å²) in [6.45, 7) is 5.48. The number of methoxy groups -OCH3 is 1. The lowest BCUT2D eigenvalue weighted by molar-refractivity contribution is -0.138. The van der Waals surface area contributed by atoms with Gasteiger partial charge in [-0.2, -0.15) is 0 Å². The third-order valence-electron chi connectivity index (χ3n) is 5.86. The normalized spacial score (nSPS) is 19.8. The number of rotatable bonds is 2. The van der Waals surface area contributed by atoms with Crippen LogP contribution in [0.3, 0.4) is 0 Å². The molecule has 2 N–H and O–H groups in total. The quantitative estimate of drug-likeness (QED) is 0.754. The molecule has 0 radical (unpaired) electrons.